The van der Waals surface area contributed by atoms with E-state index in [0.29, 0.717) is 11.3 Å². The van der Waals surface area contributed by atoms with Gasteiger partial charge in [-0.05, 0) is 24.1 Å². The minimum absolute atomic E-state index is 0.0529. The van der Waals surface area contributed by atoms with Crippen LogP contribution < -0.4 is 4.74 Å². The van der Waals surface area contributed by atoms with Crippen molar-refractivity contribution in [2.45, 2.75) is 19.8 Å². The normalized spacial score (nSPS) is 12.6. The molecule has 0 saturated heterocycles. The molecule has 1 aromatic rings. The molecule has 0 spiro atoms. The van der Waals surface area contributed by atoms with E-state index < -0.39 is 0 Å². The first-order valence-corrected chi connectivity index (χ1v) is 4.55. The number of aliphatic hydroxyl groups is 1. The number of methoxy groups -OCH3 is 1. The molecule has 1 rings (SSSR count). The second kappa shape index (κ2) is 4.42. The van der Waals surface area contributed by atoms with Gasteiger partial charge in [0.05, 0.1) is 7.11 Å². The summed E-state index contributed by atoms with van der Waals surface area (Å²) in [5.41, 5.74) is 1.41. The molecule has 0 fully saturated rings. The number of hydrogen-bond donors (Lipinski definition) is 1. The molecule has 1 aromatic carbocycles. The quantitative estimate of drug-likeness (QED) is 0.807. The van der Waals surface area contributed by atoms with Crippen molar-refractivity contribution in [2.24, 2.45) is 0 Å². The fourth-order valence-corrected chi connectivity index (χ4v) is 1.38. The van der Waals surface area contributed by atoms with Crippen molar-refractivity contribution in [3.8, 4) is 5.75 Å². The smallest absolute Gasteiger partial charge is 0.130 e. The first kappa shape index (κ1) is 11.0. The van der Waals surface area contributed by atoms with Crippen molar-refractivity contribution >= 4 is 0 Å². The summed E-state index contributed by atoms with van der Waals surface area (Å²) in [5, 5.41) is 8.93. The van der Waals surface area contributed by atoms with Gasteiger partial charge >= 0.3 is 0 Å². The average molecular weight is 198 g/mol. The van der Waals surface area contributed by atoms with E-state index >= 15 is 0 Å². The zero-order valence-electron chi connectivity index (χ0n) is 8.67. The van der Waals surface area contributed by atoms with Crippen molar-refractivity contribution in [3.63, 3.8) is 0 Å². The lowest BCUT2D eigenvalue weighted by atomic mass is 9.99. The van der Waals surface area contributed by atoms with Crippen LogP contribution in [0.2, 0.25) is 0 Å². The number of rotatable bonds is 3. The van der Waals surface area contributed by atoms with E-state index in [9.17, 15) is 4.39 Å². The van der Waals surface area contributed by atoms with Gasteiger partial charge in [0.2, 0.25) is 0 Å². The van der Waals surface area contributed by atoms with Crippen LogP contribution in [0.25, 0.3) is 0 Å². The maximum absolute atomic E-state index is 13.5. The van der Waals surface area contributed by atoms with Gasteiger partial charge in [0.1, 0.15) is 11.6 Å². The van der Waals surface area contributed by atoms with Gasteiger partial charge in [0.25, 0.3) is 0 Å². The Hall–Kier alpha value is -1.09. The van der Waals surface area contributed by atoms with E-state index in [-0.39, 0.29) is 18.3 Å². The molecule has 1 N–H and O–H groups in total. The molecule has 0 bridgehead atoms. The predicted molar refractivity (Wildman–Crippen MR) is 53.2 cm³/mol. The fourth-order valence-electron chi connectivity index (χ4n) is 1.38. The Kier molecular flexibility index (Phi) is 3.47. The van der Waals surface area contributed by atoms with Gasteiger partial charge in [-0.15, -0.1) is 0 Å². The molecule has 0 heterocycles. The van der Waals surface area contributed by atoms with E-state index in [1.165, 1.54) is 13.2 Å². The molecular weight excluding hydrogens is 183 g/mol. The maximum Gasteiger partial charge on any atom is 0.130 e. The summed E-state index contributed by atoms with van der Waals surface area (Å²) in [4.78, 5) is 0. The third-order valence-corrected chi connectivity index (χ3v) is 2.32. The Labute approximate surface area is 83.3 Å². The Balaban J connectivity index is 3.14. The van der Waals surface area contributed by atoms with Crippen LogP contribution in [-0.2, 0) is 0 Å². The van der Waals surface area contributed by atoms with Crippen molar-refractivity contribution in [1.29, 1.82) is 0 Å². The summed E-state index contributed by atoms with van der Waals surface area (Å²) >= 11 is 0. The molecule has 0 amide bonds. The second-order valence-corrected chi connectivity index (χ2v) is 3.43. The van der Waals surface area contributed by atoms with E-state index in [2.05, 4.69) is 0 Å². The molecule has 0 saturated carbocycles. The molecule has 0 aliphatic heterocycles. The Bertz CT molecular complexity index is 323. The summed E-state index contributed by atoms with van der Waals surface area (Å²) in [6.45, 7) is 3.58. The van der Waals surface area contributed by atoms with Gasteiger partial charge in [-0.25, -0.2) is 4.39 Å². The van der Waals surface area contributed by atoms with Crippen LogP contribution in [0, 0.1) is 12.7 Å². The Morgan fingerprint density at radius 3 is 2.64 bits per heavy atom. The van der Waals surface area contributed by atoms with Crippen LogP contribution >= 0.6 is 0 Å². The summed E-state index contributed by atoms with van der Waals surface area (Å²) in [6, 6.07) is 3.08. The fraction of sp³-hybridized carbons (Fsp3) is 0.455. The van der Waals surface area contributed by atoms with Crippen LogP contribution in [0.1, 0.15) is 24.0 Å². The van der Waals surface area contributed by atoms with Crippen LogP contribution in [-0.4, -0.2) is 18.8 Å². The van der Waals surface area contributed by atoms with Gasteiger partial charge in [-0.2, -0.15) is 0 Å². The van der Waals surface area contributed by atoms with E-state index in [1.807, 2.05) is 6.92 Å². The molecule has 1 atom stereocenters. The number of aliphatic hydroxyl groups excluding tert-OH is 1. The van der Waals surface area contributed by atoms with Gasteiger partial charge in [-0.3, -0.25) is 0 Å². The van der Waals surface area contributed by atoms with Crippen LogP contribution in [0.3, 0.4) is 0 Å². The first-order valence-electron chi connectivity index (χ1n) is 4.55. The highest BCUT2D eigenvalue weighted by Gasteiger charge is 2.12. The zero-order chi connectivity index (χ0) is 10.7. The summed E-state index contributed by atoms with van der Waals surface area (Å²) in [5.74, 6) is 0.0324. The highest BCUT2D eigenvalue weighted by atomic mass is 19.1. The number of hydrogen-bond acceptors (Lipinski definition) is 2. The Morgan fingerprint density at radius 1 is 1.50 bits per heavy atom. The molecule has 0 radical (unpaired) electrons. The van der Waals surface area contributed by atoms with Crippen LogP contribution in [0.15, 0.2) is 12.1 Å². The highest BCUT2D eigenvalue weighted by molar-refractivity contribution is 5.38. The van der Waals surface area contributed by atoms with Gasteiger partial charge in [0.15, 0.2) is 0 Å². The van der Waals surface area contributed by atoms with Crippen LogP contribution in [0.5, 0.6) is 5.75 Å². The topological polar surface area (TPSA) is 29.5 Å². The zero-order valence-corrected chi connectivity index (χ0v) is 8.67. The monoisotopic (exact) mass is 198 g/mol. The summed E-state index contributed by atoms with van der Waals surface area (Å²) in [7, 11) is 1.51. The largest absolute Gasteiger partial charge is 0.496 e. The van der Waals surface area contributed by atoms with Crippen molar-refractivity contribution < 1.29 is 14.2 Å². The lowest BCUT2D eigenvalue weighted by Gasteiger charge is -2.12. The van der Waals surface area contributed by atoms with Gasteiger partial charge in [-0.1, -0.05) is 6.92 Å². The van der Waals surface area contributed by atoms with Crippen LogP contribution in [0.4, 0.5) is 4.39 Å². The average Bonchev–Trinajstić information content (AvgIpc) is 2.19. The van der Waals surface area contributed by atoms with Crippen molar-refractivity contribution in [3.05, 3.63) is 29.1 Å². The first-order chi connectivity index (χ1) is 6.60. The molecule has 1 unspecified atom stereocenters. The molecule has 0 aromatic heterocycles. The number of ether oxygens (including phenoxy) is 1. The van der Waals surface area contributed by atoms with E-state index in [0.717, 1.165) is 5.56 Å². The molecule has 3 heteroatoms. The van der Waals surface area contributed by atoms with Crippen molar-refractivity contribution in [1.82, 2.24) is 0 Å². The summed E-state index contributed by atoms with van der Waals surface area (Å²) < 4.78 is 18.5. The molecular formula is C11H15FO2. The summed E-state index contributed by atoms with van der Waals surface area (Å²) in [6.07, 6.45) is 0. The number of halogens is 1. The standard InChI is InChI=1S/C11H15FO2/c1-7-4-9(8(2)6-13)10(12)5-11(7)14-3/h4-5,8,13H,6H2,1-3H3. The second-order valence-electron chi connectivity index (χ2n) is 3.43. The lowest BCUT2D eigenvalue weighted by molar-refractivity contribution is 0.270. The predicted octanol–water partition coefficient (Wildman–Crippen LogP) is 2.24. The minimum atomic E-state index is -0.325. The van der Waals surface area contributed by atoms with E-state index in [1.54, 1.807) is 13.0 Å². The highest BCUT2D eigenvalue weighted by Crippen LogP contribution is 2.26. The SMILES string of the molecule is COc1cc(F)c(C(C)CO)cc1C. The third kappa shape index (κ3) is 2.04. The molecule has 2 nitrogen and oxygen atoms in total. The lowest BCUT2D eigenvalue weighted by Crippen LogP contribution is -2.03. The number of benzene rings is 1. The van der Waals surface area contributed by atoms with Gasteiger partial charge < -0.3 is 9.84 Å². The van der Waals surface area contributed by atoms with E-state index in [4.69, 9.17) is 9.84 Å². The molecule has 14 heavy (non-hydrogen) atoms. The Morgan fingerprint density at radius 2 is 2.14 bits per heavy atom. The third-order valence-electron chi connectivity index (χ3n) is 2.32. The van der Waals surface area contributed by atoms with Crippen molar-refractivity contribution in [2.75, 3.05) is 13.7 Å². The molecule has 0 aliphatic carbocycles. The minimum Gasteiger partial charge on any atom is -0.496 e. The van der Waals surface area contributed by atoms with Gasteiger partial charge in [0, 0.05) is 18.6 Å². The number of aryl methyl sites for hydroxylation is 1. The molecule has 0 aliphatic rings. The maximum atomic E-state index is 13.5. The molecule has 78 valence electrons.